The standard InChI is InChI=1S/C15H21N3OS.C2HF3O2/c19-14-15(11-18(14)9-12-1-2-12)3-6-17(7-4-15)10-13-16-5-8-20-13;3-2(4,5)1(6)7/h5,8,12H,1-4,6-7,9-11H2;(H,6,7). The van der Waals surface area contributed by atoms with Crippen molar-refractivity contribution in [3.05, 3.63) is 16.6 Å². The predicted molar refractivity (Wildman–Crippen MR) is 92.1 cm³/mol. The van der Waals surface area contributed by atoms with Crippen molar-refractivity contribution in [1.82, 2.24) is 14.8 Å². The number of aromatic nitrogens is 1. The molecule has 0 aromatic carbocycles. The summed E-state index contributed by atoms with van der Waals surface area (Å²) < 4.78 is 31.7. The van der Waals surface area contributed by atoms with Crippen LogP contribution in [0.3, 0.4) is 0 Å². The quantitative estimate of drug-likeness (QED) is 0.780. The number of carboxylic acids is 1. The Balaban J connectivity index is 0.000000260. The minimum absolute atomic E-state index is 0.00820. The Bertz CT molecular complexity index is 669. The number of piperidine rings is 1. The van der Waals surface area contributed by atoms with E-state index in [1.165, 1.54) is 17.8 Å². The highest BCUT2D eigenvalue weighted by atomic mass is 32.1. The van der Waals surface area contributed by atoms with Gasteiger partial charge in [-0.25, -0.2) is 9.78 Å². The molecule has 0 unspecified atom stereocenters. The Labute approximate surface area is 159 Å². The molecule has 27 heavy (non-hydrogen) atoms. The van der Waals surface area contributed by atoms with Crippen molar-refractivity contribution in [3.8, 4) is 0 Å². The molecular formula is C17H22F3N3O3S. The van der Waals surface area contributed by atoms with Crippen molar-refractivity contribution in [1.29, 1.82) is 0 Å². The molecule has 0 bridgehead atoms. The zero-order valence-electron chi connectivity index (χ0n) is 14.7. The molecule has 1 aromatic rings. The molecule has 1 spiro atoms. The van der Waals surface area contributed by atoms with Gasteiger partial charge in [0, 0.05) is 24.7 Å². The number of amides is 1. The van der Waals surface area contributed by atoms with Crippen LogP contribution in [-0.4, -0.2) is 64.1 Å². The molecule has 10 heteroatoms. The number of alkyl halides is 3. The molecule has 6 nitrogen and oxygen atoms in total. The van der Waals surface area contributed by atoms with Gasteiger partial charge in [0.15, 0.2) is 0 Å². The molecule has 3 heterocycles. The topological polar surface area (TPSA) is 73.7 Å². The number of nitrogens with zero attached hydrogens (tertiary/aromatic N) is 3. The summed E-state index contributed by atoms with van der Waals surface area (Å²) in [7, 11) is 0. The van der Waals surface area contributed by atoms with Gasteiger partial charge < -0.3 is 10.0 Å². The van der Waals surface area contributed by atoms with Gasteiger partial charge >= 0.3 is 12.1 Å². The number of carboxylic acid groups (broad SMARTS) is 1. The number of carbonyl (C=O) groups is 2. The summed E-state index contributed by atoms with van der Waals surface area (Å²) >= 11 is 1.72. The zero-order valence-corrected chi connectivity index (χ0v) is 15.6. The second-order valence-corrected chi connectivity index (χ2v) is 8.39. The van der Waals surface area contributed by atoms with Crippen LogP contribution in [-0.2, 0) is 16.1 Å². The maximum Gasteiger partial charge on any atom is 0.490 e. The number of aliphatic carboxylic acids is 1. The first-order valence-corrected chi connectivity index (χ1v) is 9.78. The molecule has 0 atom stereocenters. The highest BCUT2D eigenvalue weighted by Gasteiger charge is 2.53. The summed E-state index contributed by atoms with van der Waals surface area (Å²) in [5.74, 6) is -1.49. The fourth-order valence-electron chi connectivity index (χ4n) is 3.54. The van der Waals surface area contributed by atoms with Crippen molar-refractivity contribution in [2.45, 2.75) is 38.4 Å². The van der Waals surface area contributed by atoms with Crippen LogP contribution in [0.25, 0.3) is 0 Å². The van der Waals surface area contributed by atoms with E-state index in [1.807, 2.05) is 11.6 Å². The largest absolute Gasteiger partial charge is 0.490 e. The van der Waals surface area contributed by atoms with Gasteiger partial charge in [0.05, 0.1) is 12.0 Å². The van der Waals surface area contributed by atoms with Crippen LogP contribution < -0.4 is 0 Å². The van der Waals surface area contributed by atoms with E-state index in [4.69, 9.17) is 9.90 Å². The first-order chi connectivity index (χ1) is 12.7. The third-order valence-corrected chi connectivity index (χ3v) is 6.07. The fraction of sp³-hybridized carbons (Fsp3) is 0.706. The normalized spacial score (nSPS) is 22.2. The van der Waals surface area contributed by atoms with Crippen molar-refractivity contribution in [3.63, 3.8) is 0 Å². The third-order valence-electron chi connectivity index (χ3n) is 5.31. The molecule has 4 rings (SSSR count). The van der Waals surface area contributed by atoms with Gasteiger partial charge in [-0.1, -0.05) is 0 Å². The summed E-state index contributed by atoms with van der Waals surface area (Å²) in [5.41, 5.74) is 0.00820. The highest BCUT2D eigenvalue weighted by Crippen LogP contribution is 2.44. The van der Waals surface area contributed by atoms with Crippen molar-refractivity contribution < 1.29 is 27.9 Å². The molecule has 150 valence electrons. The van der Waals surface area contributed by atoms with Crippen LogP contribution in [0.5, 0.6) is 0 Å². The average Bonchev–Trinajstić information content (AvgIpc) is 3.29. The van der Waals surface area contributed by atoms with Gasteiger partial charge in [-0.15, -0.1) is 11.3 Å². The van der Waals surface area contributed by atoms with Crippen molar-refractivity contribution in [2.75, 3.05) is 26.2 Å². The summed E-state index contributed by atoms with van der Waals surface area (Å²) in [6, 6.07) is 0. The Morgan fingerprint density at radius 3 is 2.41 bits per heavy atom. The molecule has 1 aromatic heterocycles. The molecule has 2 saturated heterocycles. The number of hydrogen-bond donors (Lipinski definition) is 1. The molecular weight excluding hydrogens is 383 g/mol. The Morgan fingerprint density at radius 2 is 1.96 bits per heavy atom. The molecule has 3 aliphatic rings. The number of carbonyl (C=O) groups excluding carboxylic acids is 1. The molecule has 2 aliphatic heterocycles. The lowest BCUT2D eigenvalue weighted by Gasteiger charge is -2.52. The molecule has 1 amide bonds. The van der Waals surface area contributed by atoms with Crippen molar-refractivity contribution in [2.24, 2.45) is 11.3 Å². The first-order valence-electron chi connectivity index (χ1n) is 8.90. The van der Waals surface area contributed by atoms with Gasteiger partial charge in [0.1, 0.15) is 5.01 Å². The molecule has 1 saturated carbocycles. The zero-order chi connectivity index (χ0) is 19.7. The summed E-state index contributed by atoms with van der Waals surface area (Å²) in [6.07, 6.45) is 1.53. The molecule has 0 radical (unpaired) electrons. The van der Waals surface area contributed by atoms with Gasteiger partial charge in [0.2, 0.25) is 5.91 Å². The van der Waals surface area contributed by atoms with E-state index in [2.05, 4.69) is 14.8 Å². The van der Waals surface area contributed by atoms with E-state index >= 15 is 0 Å². The van der Waals surface area contributed by atoms with Crippen molar-refractivity contribution >= 4 is 23.2 Å². The number of halogens is 3. The van der Waals surface area contributed by atoms with Crippen LogP contribution in [0.15, 0.2) is 11.6 Å². The molecule has 1 aliphatic carbocycles. The lowest BCUT2D eigenvalue weighted by atomic mass is 9.71. The SMILES string of the molecule is O=C(O)C(F)(F)F.O=C1N(CC2CC2)CC12CCN(Cc1nccs1)CC2. The number of β-lactam (4-membered cyclic amide) rings is 1. The Morgan fingerprint density at radius 1 is 1.33 bits per heavy atom. The lowest BCUT2D eigenvalue weighted by Crippen LogP contribution is -2.64. The van der Waals surface area contributed by atoms with E-state index in [0.29, 0.717) is 5.91 Å². The fourth-order valence-corrected chi connectivity index (χ4v) is 4.20. The maximum absolute atomic E-state index is 12.4. The second kappa shape index (κ2) is 7.75. The van der Waals surface area contributed by atoms with E-state index in [1.54, 1.807) is 11.3 Å². The Kier molecular flexibility index (Phi) is 5.76. The summed E-state index contributed by atoms with van der Waals surface area (Å²) in [6.45, 7) is 5.09. The molecule has 3 fully saturated rings. The monoisotopic (exact) mass is 405 g/mol. The van der Waals surface area contributed by atoms with E-state index in [0.717, 1.165) is 51.5 Å². The number of hydrogen-bond acceptors (Lipinski definition) is 5. The average molecular weight is 405 g/mol. The molecule has 1 N–H and O–H groups in total. The summed E-state index contributed by atoms with van der Waals surface area (Å²) in [4.78, 5) is 30.2. The van der Waals surface area contributed by atoms with Gasteiger partial charge in [-0.3, -0.25) is 9.69 Å². The number of likely N-dealkylation sites (tertiary alicyclic amines) is 2. The first kappa shape index (κ1) is 20.1. The van der Waals surface area contributed by atoms with Crippen LogP contribution in [0.2, 0.25) is 0 Å². The van der Waals surface area contributed by atoms with Gasteiger partial charge in [-0.05, 0) is 44.7 Å². The summed E-state index contributed by atoms with van der Waals surface area (Å²) in [5, 5.41) is 10.3. The van der Waals surface area contributed by atoms with Crippen LogP contribution in [0.1, 0.15) is 30.7 Å². The number of rotatable bonds is 4. The van der Waals surface area contributed by atoms with Crippen LogP contribution in [0.4, 0.5) is 13.2 Å². The minimum Gasteiger partial charge on any atom is -0.475 e. The van der Waals surface area contributed by atoms with E-state index in [-0.39, 0.29) is 5.41 Å². The second-order valence-electron chi connectivity index (χ2n) is 7.41. The smallest absolute Gasteiger partial charge is 0.475 e. The third kappa shape index (κ3) is 4.98. The lowest BCUT2D eigenvalue weighted by molar-refractivity contribution is -0.192. The highest BCUT2D eigenvalue weighted by molar-refractivity contribution is 7.09. The minimum atomic E-state index is -5.08. The Hall–Kier alpha value is -1.68. The van der Waals surface area contributed by atoms with Crippen LogP contribution in [0, 0.1) is 11.3 Å². The van der Waals surface area contributed by atoms with Crippen LogP contribution >= 0.6 is 11.3 Å². The predicted octanol–water partition coefficient (Wildman–Crippen LogP) is 2.61. The number of thiazole rings is 1. The van der Waals surface area contributed by atoms with E-state index < -0.39 is 12.1 Å². The van der Waals surface area contributed by atoms with Gasteiger partial charge in [-0.2, -0.15) is 13.2 Å². The van der Waals surface area contributed by atoms with Gasteiger partial charge in [0.25, 0.3) is 0 Å². The maximum atomic E-state index is 12.4. The van der Waals surface area contributed by atoms with E-state index in [9.17, 15) is 18.0 Å².